The molecule has 0 bridgehead atoms. The molecule has 1 aliphatic rings. The van der Waals surface area contributed by atoms with Crippen LogP contribution in [0.4, 0.5) is 0 Å². The molecule has 17 heavy (non-hydrogen) atoms. The van der Waals surface area contributed by atoms with Gasteiger partial charge in [0, 0.05) is 13.1 Å². The van der Waals surface area contributed by atoms with Gasteiger partial charge in [-0.2, -0.15) is 0 Å². The highest BCUT2D eigenvalue weighted by Crippen LogP contribution is 2.48. The molecule has 6 heteroatoms. The Bertz CT molecular complexity index is 489. The van der Waals surface area contributed by atoms with Gasteiger partial charge in [0.2, 0.25) is 10.0 Å². The van der Waals surface area contributed by atoms with Crippen LogP contribution in [-0.4, -0.2) is 15.0 Å². The van der Waals surface area contributed by atoms with E-state index in [0.717, 1.165) is 24.8 Å². The third-order valence-electron chi connectivity index (χ3n) is 3.47. The fraction of sp³-hybridized carbons (Fsp3) is 0.636. The summed E-state index contributed by atoms with van der Waals surface area (Å²) < 4.78 is 27.1. The van der Waals surface area contributed by atoms with Crippen LogP contribution < -0.4 is 10.5 Å². The molecule has 1 heterocycles. The van der Waals surface area contributed by atoms with Crippen LogP contribution in [0.15, 0.2) is 15.7 Å². The molecule has 1 fully saturated rings. The second kappa shape index (κ2) is 4.68. The Morgan fingerprint density at radius 1 is 1.53 bits per heavy atom. The first kappa shape index (κ1) is 13.0. The first-order valence-corrected chi connectivity index (χ1v) is 8.15. The van der Waals surface area contributed by atoms with Crippen molar-refractivity contribution in [3.8, 4) is 0 Å². The maximum Gasteiger partial charge on any atom is 0.250 e. The quantitative estimate of drug-likeness (QED) is 0.829. The lowest BCUT2D eigenvalue weighted by atomic mass is 10.1. The summed E-state index contributed by atoms with van der Waals surface area (Å²) in [6, 6.07) is 1.65. The van der Waals surface area contributed by atoms with E-state index in [-0.39, 0.29) is 5.41 Å². The molecule has 2 rings (SSSR count). The molecule has 3 N–H and O–H groups in total. The van der Waals surface area contributed by atoms with Gasteiger partial charge >= 0.3 is 0 Å². The van der Waals surface area contributed by atoms with Crippen LogP contribution in [0.25, 0.3) is 0 Å². The molecule has 0 aromatic carbocycles. The van der Waals surface area contributed by atoms with E-state index in [1.807, 2.05) is 0 Å². The zero-order valence-electron chi connectivity index (χ0n) is 9.90. The third kappa shape index (κ3) is 2.88. The van der Waals surface area contributed by atoms with Gasteiger partial charge in [0.1, 0.15) is 4.21 Å². The second-order valence-corrected chi connectivity index (χ2v) is 7.56. The molecular formula is C11H18N2O2S2. The average molecular weight is 274 g/mol. The van der Waals surface area contributed by atoms with E-state index < -0.39 is 10.0 Å². The van der Waals surface area contributed by atoms with Crippen LogP contribution in [0.5, 0.6) is 0 Å². The monoisotopic (exact) mass is 274 g/mol. The summed E-state index contributed by atoms with van der Waals surface area (Å²) in [6.07, 6.45) is 3.29. The van der Waals surface area contributed by atoms with E-state index in [1.54, 1.807) is 11.4 Å². The molecule has 1 aromatic rings. The lowest BCUT2D eigenvalue weighted by Crippen LogP contribution is -2.29. The van der Waals surface area contributed by atoms with Gasteiger partial charge < -0.3 is 5.73 Å². The lowest BCUT2D eigenvalue weighted by Gasteiger charge is -2.12. The van der Waals surface area contributed by atoms with Gasteiger partial charge in [-0.15, -0.1) is 11.3 Å². The Hall–Kier alpha value is -0.430. The molecule has 4 nitrogen and oxygen atoms in total. The molecular weight excluding hydrogens is 256 g/mol. The van der Waals surface area contributed by atoms with Crippen LogP contribution in [-0.2, 0) is 16.6 Å². The van der Waals surface area contributed by atoms with Crippen molar-refractivity contribution >= 4 is 21.4 Å². The first-order valence-electron chi connectivity index (χ1n) is 5.78. The Labute approximate surface area is 106 Å². The molecule has 0 saturated heterocycles. The minimum atomic E-state index is -3.34. The SMILES string of the molecule is CCC1(CNS(=O)(=O)c2cc(CN)cs2)CC1. The standard InChI is InChI=1S/C11H18N2O2S2/c1-2-11(3-4-11)8-13-17(14,15)10-5-9(6-12)7-16-10/h5,7,13H,2-4,6,8,12H2,1H3. The summed E-state index contributed by atoms with van der Waals surface area (Å²) in [5, 5.41) is 1.79. The predicted octanol–water partition coefficient (Wildman–Crippen LogP) is 1.68. The molecule has 0 atom stereocenters. The number of sulfonamides is 1. The Morgan fingerprint density at radius 3 is 2.71 bits per heavy atom. The maximum absolute atomic E-state index is 12.0. The van der Waals surface area contributed by atoms with E-state index >= 15 is 0 Å². The zero-order chi connectivity index (χ0) is 12.5. The van der Waals surface area contributed by atoms with Gasteiger partial charge in [0.05, 0.1) is 0 Å². The molecule has 1 aliphatic carbocycles. The Kier molecular flexibility index (Phi) is 3.58. The van der Waals surface area contributed by atoms with Gasteiger partial charge in [-0.1, -0.05) is 6.92 Å². The van der Waals surface area contributed by atoms with Crippen molar-refractivity contribution in [1.82, 2.24) is 4.72 Å². The van der Waals surface area contributed by atoms with Crippen molar-refractivity contribution in [2.45, 2.75) is 36.9 Å². The smallest absolute Gasteiger partial charge is 0.250 e. The van der Waals surface area contributed by atoms with Crippen LogP contribution in [0.1, 0.15) is 31.7 Å². The van der Waals surface area contributed by atoms with Crippen molar-refractivity contribution in [1.29, 1.82) is 0 Å². The fourth-order valence-corrected chi connectivity index (χ4v) is 4.18. The zero-order valence-corrected chi connectivity index (χ0v) is 11.5. The van der Waals surface area contributed by atoms with Crippen LogP contribution in [0.3, 0.4) is 0 Å². The van der Waals surface area contributed by atoms with Crippen molar-refractivity contribution in [3.63, 3.8) is 0 Å². The maximum atomic E-state index is 12.0. The van der Waals surface area contributed by atoms with Crippen molar-refractivity contribution in [2.24, 2.45) is 11.1 Å². The number of thiophene rings is 1. The number of rotatable bonds is 6. The number of nitrogens with two attached hydrogens (primary N) is 1. The summed E-state index contributed by atoms with van der Waals surface area (Å²) in [5.74, 6) is 0. The summed E-state index contributed by atoms with van der Waals surface area (Å²) in [7, 11) is -3.34. The summed E-state index contributed by atoms with van der Waals surface area (Å²) in [4.78, 5) is 0. The van der Waals surface area contributed by atoms with Crippen molar-refractivity contribution in [3.05, 3.63) is 17.0 Å². The van der Waals surface area contributed by atoms with E-state index in [2.05, 4.69) is 11.6 Å². The topological polar surface area (TPSA) is 72.2 Å². The molecule has 0 aliphatic heterocycles. The largest absolute Gasteiger partial charge is 0.326 e. The molecule has 96 valence electrons. The van der Waals surface area contributed by atoms with Gasteiger partial charge in [-0.3, -0.25) is 0 Å². The molecule has 0 unspecified atom stereocenters. The van der Waals surface area contributed by atoms with E-state index in [4.69, 9.17) is 5.73 Å². The van der Waals surface area contributed by atoms with E-state index in [9.17, 15) is 8.42 Å². The van der Waals surface area contributed by atoms with Crippen molar-refractivity contribution < 1.29 is 8.42 Å². The number of hydrogen-bond donors (Lipinski definition) is 2. The molecule has 0 radical (unpaired) electrons. The lowest BCUT2D eigenvalue weighted by molar-refractivity contribution is 0.476. The van der Waals surface area contributed by atoms with Gasteiger partial charge in [0.25, 0.3) is 0 Å². The molecule has 1 aromatic heterocycles. The summed E-state index contributed by atoms with van der Waals surface area (Å²) in [5.41, 5.74) is 6.56. The van der Waals surface area contributed by atoms with Gasteiger partial charge in [-0.25, -0.2) is 13.1 Å². The number of nitrogens with one attached hydrogen (secondary N) is 1. The average Bonchev–Trinajstić information content (AvgIpc) is 2.94. The second-order valence-electron chi connectivity index (χ2n) is 4.66. The minimum Gasteiger partial charge on any atom is -0.326 e. The van der Waals surface area contributed by atoms with Crippen LogP contribution in [0.2, 0.25) is 0 Å². The summed E-state index contributed by atoms with van der Waals surface area (Å²) in [6.45, 7) is 3.05. The normalized spacial score (nSPS) is 18.2. The molecule has 1 saturated carbocycles. The Morgan fingerprint density at radius 2 is 2.24 bits per heavy atom. The molecule has 0 amide bonds. The van der Waals surface area contributed by atoms with Crippen LogP contribution >= 0.6 is 11.3 Å². The Balaban J connectivity index is 2.03. The van der Waals surface area contributed by atoms with E-state index in [1.165, 1.54) is 11.3 Å². The minimum absolute atomic E-state index is 0.223. The fourth-order valence-electron chi connectivity index (χ4n) is 1.75. The van der Waals surface area contributed by atoms with E-state index in [0.29, 0.717) is 17.3 Å². The molecule has 0 spiro atoms. The third-order valence-corrected chi connectivity index (χ3v) is 6.36. The number of hydrogen-bond acceptors (Lipinski definition) is 4. The van der Waals surface area contributed by atoms with Gasteiger partial charge in [-0.05, 0) is 41.7 Å². The van der Waals surface area contributed by atoms with Gasteiger partial charge in [0.15, 0.2) is 0 Å². The predicted molar refractivity (Wildman–Crippen MR) is 69.4 cm³/mol. The first-order chi connectivity index (χ1) is 8.01. The summed E-state index contributed by atoms with van der Waals surface area (Å²) >= 11 is 1.23. The van der Waals surface area contributed by atoms with Crippen LogP contribution in [0, 0.1) is 5.41 Å². The highest BCUT2D eigenvalue weighted by atomic mass is 32.2. The highest BCUT2D eigenvalue weighted by molar-refractivity contribution is 7.91. The highest BCUT2D eigenvalue weighted by Gasteiger charge is 2.41. The van der Waals surface area contributed by atoms with Crippen molar-refractivity contribution in [2.75, 3.05) is 6.54 Å².